The van der Waals surface area contributed by atoms with Crippen LogP contribution in [0, 0.1) is 11.8 Å². The maximum atomic E-state index is 13.8. The van der Waals surface area contributed by atoms with Gasteiger partial charge in [-0.05, 0) is 37.3 Å². The molecule has 2 saturated heterocycles. The summed E-state index contributed by atoms with van der Waals surface area (Å²) in [5, 5.41) is 9.81. The lowest BCUT2D eigenvalue weighted by molar-refractivity contribution is -0.159. The molecule has 10 heteroatoms. The number of fused-ring (bicyclic) bond motifs is 1. The number of hydrogen-bond donors (Lipinski definition) is 1. The molecule has 1 saturated carbocycles. The van der Waals surface area contributed by atoms with Crippen molar-refractivity contribution in [3.8, 4) is 0 Å². The van der Waals surface area contributed by atoms with E-state index in [9.17, 15) is 27.9 Å². The molecule has 0 radical (unpaired) electrons. The number of likely N-dealkylation sites (tertiary alicyclic amines) is 1. The number of esters is 1. The molecule has 2 unspecified atom stereocenters. The minimum absolute atomic E-state index is 0.0507. The zero-order chi connectivity index (χ0) is 25.0. The number of aliphatic hydroxyl groups is 1. The number of piperidine rings is 1. The Bertz CT molecular complexity index is 985. The summed E-state index contributed by atoms with van der Waals surface area (Å²) in [4.78, 5) is 34.3. The third-order valence-electron chi connectivity index (χ3n) is 8.51. The lowest BCUT2D eigenvalue weighted by Gasteiger charge is -2.46. The number of amides is 1. The first-order valence-electron chi connectivity index (χ1n) is 12.6. The fraction of sp³-hybridized carbons (Fsp3) is 0.720. The van der Waals surface area contributed by atoms with Gasteiger partial charge in [0.05, 0.1) is 23.5 Å². The molecule has 1 N–H and O–H groups in total. The first-order valence-corrected chi connectivity index (χ1v) is 12.6. The zero-order valence-electron chi connectivity index (χ0n) is 19.9. The fourth-order valence-electron chi connectivity index (χ4n) is 6.46. The number of halogens is 3. The van der Waals surface area contributed by atoms with Gasteiger partial charge in [-0.1, -0.05) is 6.92 Å². The highest BCUT2D eigenvalue weighted by molar-refractivity contribution is 5.89. The van der Waals surface area contributed by atoms with Crippen molar-refractivity contribution in [1.29, 1.82) is 0 Å². The van der Waals surface area contributed by atoms with Crippen molar-refractivity contribution >= 4 is 11.9 Å². The smallest absolute Gasteiger partial charge is 0.417 e. The third-order valence-corrected chi connectivity index (χ3v) is 8.51. The molecule has 3 aliphatic heterocycles. The summed E-state index contributed by atoms with van der Waals surface area (Å²) < 4.78 is 45.5. The maximum Gasteiger partial charge on any atom is 0.417 e. The van der Waals surface area contributed by atoms with Crippen LogP contribution in [0.3, 0.4) is 0 Å². The molecule has 1 aromatic rings. The SMILES string of the molecule is CC1C(=O)OC2(CCN(C3CCC(O)CC3)CC2)C1C(=O)N1CCc2ncc(C(F)(F)F)cc2C1. The van der Waals surface area contributed by atoms with Crippen molar-refractivity contribution in [2.24, 2.45) is 11.8 Å². The predicted molar refractivity (Wildman–Crippen MR) is 119 cm³/mol. The molecule has 4 heterocycles. The number of hydrogen-bond acceptors (Lipinski definition) is 6. The Balaban J connectivity index is 1.31. The molecule has 4 aliphatic rings. The first kappa shape index (κ1) is 24.5. The van der Waals surface area contributed by atoms with Crippen LogP contribution in [0.5, 0.6) is 0 Å². The van der Waals surface area contributed by atoms with Crippen molar-refractivity contribution in [2.75, 3.05) is 19.6 Å². The van der Waals surface area contributed by atoms with Crippen LogP contribution in [-0.4, -0.2) is 69.1 Å². The first-order chi connectivity index (χ1) is 16.6. The number of rotatable bonds is 2. The Morgan fingerprint density at radius 2 is 1.86 bits per heavy atom. The van der Waals surface area contributed by atoms with Crippen LogP contribution in [0.25, 0.3) is 0 Å². The van der Waals surface area contributed by atoms with Crippen molar-refractivity contribution in [2.45, 2.75) is 82.3 Å². The quantitative estimate of drug-likeness (QED) is 0.636. The van der Waals surface area contributed by atoms with Gasteiger partial charge in [-0.2, -0.15) is 13.2 Å². The fourth-order valence-corrected chi connectivity index (χ4v) is 6.46. The summed E-state index contributed by atoms with van der Waals surface area (Å²) in [6.07, 6.45) is 1.08. The Hall–Kier alpha value is -2.20. The van der Waals surface area contributed by atoms with Crippen LogP contribution in [-0.2, 0) is 33.5 Å². The van der Waals surface area contributed by atoms with Gasteiger partial charge >= 0.3 is 12.1 Å². The second-order valence-corrected chi connectivity index (χ2v) is 10.6. The minimum atomic E-state index is -4.50. The van der Waals surface area contributed by atoms with Gasteiger partial charge in [0.2, 0.25) is 5.91 Å². The van der Waals surface area contributed by atoms with Crippen molar-refractivity contribution in [3.63, 3.8) is 0 Å². The Kier molecular flexibility index (Phi) is 6.32. The Morgan fingerprint density at radius 3 is 2.51 bits per heavy atom. The molecule has 5 rings (SSSR count). The van der Waals surface area contributed by atoms with E-state index in [1.165, 1.54) is 0 Å². The summed E-state index contributed by atoms with van der Waals surface area (Å²) in [7, 11) is 0. The van der Waals surface area contributed by atoms with E-state index in [1.807, 2.05) is 0 Å². The maximum absolute atomic E-state index is 13.8. The molecular weight excluding hydrogens is 463 g/mol. The second kappa shape index (κ2) is 9.03. The lowest BCUT2D eigenvalue weighted by atomic mass is 9.74. The van der Waals surface area contributed by atoms with E-state index in [1.54, 1.807) is 11.8 Å². The molecule has 3 fully saturated rings. The van der Waals surface area contributed by atoms with Gasteiger partial charge in [0.1, 0.15) is 5.60 Å². The molecule has 1 spiro atoms. The zero-order valence-corrected chi connectivity index (χ0v) is 19.9. The monoisotopic (exact) mass is 495 g/mol. The van der Waals surface area contributed by atoms with E-state index >= 15 is 0 Å². The van der Waals surface area contributed by atoms with E-state index in [4.69, 9.17) is 4.74 Å². The molecule has 2 atom stereocenters. The Morgan fingerprint density at radius 1 is 1.17 bits per heavy atom. The van der Waals surface area contributed by atoms with Crippen LogP contribution in [0.4, 0.5) is 13.2 Å². The highest BCUT2D eigenvalue weighted by Crippen LogP contribution is 2.46. The van der Waals surface area contributed by atoms with Crippen molar-refractivity contribution in [1.82, 2.24) is 14.8 Å². The standard InChI is InChI=1S/C25H32F3N3O4/c1-15-21(22(33)31-9-6-20-16(14-31)12-17(13-29-20)25(26,27)28)24(35-23(15)34)7-10-30(11-8-24)18-2-4-19(32)5-3-18/h12-13,15,18-19,21,32H,2-11,14H2,1H3. The minimum Gasteiger partial charge on any atom is -0.458 e. The average molecular weight is 496 g/mol. The molecular formula is C25H32F3N3O4. The van der Waals surface area contributed by atoms with Gasteiger partial charge in [-0.3, -0.25) is 14.6 Å². The molecule has 1 amide bonds. The number of alkyl halides is 3. The van der Waals surface area contributed by atoms with E-state index in [0.29, 0.717) is 56.2 Å². The molecule has 1 aliphatic carbocycles. The van der Waals surface area contributed by atoms with Gasteiger partial charge < -0.3 is 19.6 Å². The van der Waals surface area contributed by atoms with Gasteiger partial charge in [-0.25, -0.2) is 0 Å². The largest absolute Gasteiger partial charge is 0.458 e. The molecule has 0 bridgehead atoms. The summed E-state index contributed by atoms with van der Waals surface area (Å²) >= 11 is 0. The second-order valence-electron chi connectivity index (χ2n) is 10.6. The van der Waals surface area contributed by atoms with E-state index < -0.39 is 29.2 Å². The summed E-state index contributed by atoms with van der Waals surface area (Å²) in [6, 6.07) is 1.48. The van der Waals surface area contributed by atoms with Gasteiger partial charge in [0, 0.05) is 63.4 Å². The number of aliphatic hydroxyl groups excluding tert-OH is 1. The molecule has 35 heavy (non-hydrogen) atoms. The van der Waals surface area contributed by atoms with Crippen molar-refractivity contribution in [3.05, 3.63) is 29.1 Å². The van der Waals surface area contributed by atoms with Gasteiger partial charge in [0.25, 0.3) is 0 Å². The molecule has 192 valence electrons. The lowest BCUT2D eigenvalue weighted by Crippen LogP contribution is -2.55. The highest BCUT2D eigenvalue weighted by Gasteiger charge is 2.59. The van der Waals surface area contributed by atoms with Crippen LogP contribution in [0.15, 0.2) is 12.3 Å². The van der Waals surface area contributed by atoms with E-state index in [-0.39, 0.29) is 24.5 Å². The summed E-state index contributed by atoms with van der Waals surface area (Å²) in [5.74, 6) is -1.85. The number of carbonyl (C=O) groups excluding carboxylic acids is 2. The van der Waals surface area contributed by atoms with Crippen LogP contribution in [0.1, 0.15) is 62.3 Å². The molecule has 7 nitrogen and oxygen atoms in total. The normalized spacial score (nSPS) is 31.3. The van der Waals surface area contributed by atoms with Crippen LogP contribution < -0.4 is 0 Å². The number of carbonyl (C=O) groups is 2. The molecule has 1 aromatic heterocycles. The summed E-state index contributed by atoms with van der Waals surface area (Å²) in [5.41, 5.74) is -0.711. The van der Waals surface area contributed by atoms with Crippen molar-refractivity contribution < 1.29 is 32.6 Å². The number of ether oxygens (including phenoxy) is 1. The summed E-state index contributed by atoms with van der Waals surface area (Å²) in [6.45, 7) is 3.55. The van der Waals surface area contributed by atoms with Crippen LogP contribution >= 0.6 is 0 Å². The highest BCUT2D eigenvalue weighted by atomic mass is 19.4. The van der Waals surface area contributed by atoms with Gasteiger partial charge in [-0.15, -0.1) is 0 Å². The number of pyridine rings is 1. The van der Waals surface area contributed by atoms with Gasteiger partial charge in [0.15, 0.2) is 0 Å². The Labute approximate surface area is 202 Å². The average Bonchev–Trinajstić information content (AvgIpc) is 3.07. The van der Waals surface area contributed by atoms with Crippen LogP contribution in [0.2, 0.25) is 0 Å². The number of nitrogens with zero attached hydrogens (tertiary/aromatic N) is 3. The number of aromatic nitrogens is 1. The topological polar surface area (TPSA) is 83.0 Å². The predicted octanol–water partition coefficient (Wildman–Crippen LogP) is 2.93. The van der Waals surface area contributed by atoms with E-state index in [2.05, 4.69) is 9.88 Å². The third kappa shape index (κ3) is 4.55. The molecule has 0 aromatic carbocycles. The van der Waals surface area contributed by atoms with E-state index in [0.717, 1.165) is 37.9 Å².